The van der Waals surface area contributed by atoms with Gasteiger partial charge < -0.3 is 19.7 Å². The molecule has 0 spiro atoms. The van der Waals surface area contributed by atoms with Crippen LogP contribution in [0, 0.1) is 11.6 Å². The molecule has 3 aromatic carbocycles. The number of aromatic amines is 1. The quantitative estimate of drug-likeness (QED) is 0.178. The van der Waals surface area contributed by atoms with Crippen LogP contribution in [0.15, 0.2) is 96.1 Å². The smallest absolute Gasteiger partial charge is 0.272 e. The van der Waals surface area contributed by atoms with Crippen molar-refractivity contribution in [2.45, 2.75) is 13.0 Å². The van der Waals surface area contributed by atoms with Gasteiger partial charge in [-0.3, -0.25) is 14.5 Å². The minimum Gasteiger partial charge on any atom is -0.497 e. The van der Waals surface area contributed by atoms with E-state index in [4.69, 9.17) is 9.47 Å². The van der Waals surface area contributed by atoms with Gasteiger partial charge in [0.1, 0.15) is 34.8 Å². The van der Waals surface area contributed by atoms with E-state index in [0.717, 1.165) is 11.8 Å². The summed E-state index contributed by atoms with van der Waals surface area (Å²) >= 11 is 0. The molecule has 11 nitrogen and oxygen atoms in total. The molecule has 264 valence electrons. The van der Waals surface area contributed by atoms with Crippen molar-refractivity contribution in [1.29, 1.82) is 0 Å². The van der Waals surface area contributed by atoms with Crippen LogP contribution in [0.1, 0.15) is 27.2 Å². The molecule has 2 N–H and O–H groups in total. The molecule has 6 aromatic rings. The highest BCUT2D eigenvalue weighted by atomic mass is 19.1. The van der Waals surface area contributed by atoms with Crippen LogP contribution in [-0.2, 0) is 13.0 Å². The number of H-pyrrole nitrogens is 1. The number of amides is 1. The first kappa shape index (κ1) is 34.2. The Hall–Kier alpha value is -6.21. The number of methoxy groups -OCH3 is 2. The summed E-state index contributed by atoms with van der Waals surface area (Å²) in [4.78, 5) is 38.2. The van der Waals surface area contributed by atoms with Crippen molar-refractivity contribution in [1.82, 2.24) is 30.0 Å². The van der Waals surface area contributed by atoms with Crippen LogP contribution < -0.4 is 20.3 Å². The predicted molar refractivity (Wildman–Crippen MR) is 193 cm³/mol. The van der Waals surface area contributed by atoms with Gasteiger partial charge in [0.2, 0.25) is 0 Å². The lowest BCUT2D eigenvalue weighted by atomic mass is 10.0. The number of hydrogen-bond acceptors (Lipinski definition) is 9. The molecule has 1 aliphatic heterocycles. The maximum atomic E-state index is 15.0. The number of pyridine rings is 2. The normalized spacial score (nSPS) is 13.3. The van der Waals surface area contributed by atoms with E-state index in [1.54, 1.807) is 66.7 Å². The topological polar surface area (TPSA) is 126 Å². The zero-order valence-electron chi connectivity index (χ0n) is 28.5. The van der Waals surface area contributed by atoms with E-state index in [2.05, 4.69) is 30.4 Å². The Morgan fingerprint density at radius 2 is 1.62 bits per heavy atom. The van der Waals surface area contributed by atoms with Gasteiger partial charge in [0.15, 0.2) is 0 Å². The first-order valence-electron chi connectivity index (χ1n) is 16.7. The minimum atomic E-state index is -0.585. The standard InChI is InChI=1S/C39H35F2N7O4/c1-51-26-8-10-35(52-2)30(20-26)29-21-37(43-22-33(29)41)44-36-19-25(11-12-42-36)23-47-13-15-48(16-14-47)39(50)31-17-24(7-9-32(31)40)18-34-27-5-3-4-6-28(27)38(49)46-45-34/h3-12,17,19-22H,13-16,18,23H2,1-2H3,(H,46,49)(H,42,43,44). The van der Waals surface area contributed by atoms with E-state index < -0.39 is 11.6 Å². The fourth-order valence-electron chi connectivity index (χ4n) is 6.39. The van der Waals surface area contributed by atoms with Crippen molar-refractivity contribution >= 4 is 28.3 Å². The number of fused-ring (bicyclic) bond motifs is 1. The summed E-state index contributed by atoms with van der Waals surface area (Å²) < 4.78 is 40.7. The number of carbonyl (C=O) groups is 1. The molecule has 0 radical (unpaired) electrons. The molecule has 1 fully saturated rings. The summed E-state index contributed by atoms with van der Waals surface area (Å²) in [5.41, 5.74) is 2.87. The number of ether oxygens (including phenoxy) is 2. The highest BCUT2D eigenvalue weighted by Gasteiger charge is 2.25. The van der Waals surface area contributed by atoms with E-state index in [1.807, 2.05) is 24.3 Å². The SMILES string of the molecule is COc1ccc(OC)c(-c2cc(Nc3cc(CN4CCN(C(=O)c5cc(Cc6n[nH]c(=O)c7ccccc67)ccc5F)CC4)ccn3)ncc2F)c1. The average molecular weight is 704 g/mol. The Balaban J connectivity index is 0.989. The minimum absolute atomic E-state index is 0.00642. The zero-order valence-corrected chi connectivity index (χ0v) is 28.5. The number of piperazine rings is 1. The molecule has 0 unspecified atom stereocenters. The van der Waals surface area contributed by atoms with Gasteiger partial charge in [0, 0.05) is 61.9 Å². The maximum Gasteiger partial charge on any atom is 0.272 e. The number of rotatable bonds is 10. The maximum absolute atomic E-state index is 15.0. The second-order valence-electron chi connectivity index (χ2n) is 12.4. The fraction of sp³-hybridized carbons (Fsp3) is 0.205. The van der Waals surface area contributed by atoms with Gasteiger partial charge in [0.25, 0.3) is 11.5 Å². The Bertz CT molecular complexity index is 2330. The van der Waals surface area contributed by atoms with Crippen molar-refractivity contribution in [2.75, 3.05) is 45.7 Å². The molecule has 1 aliphatic rings. The van der Waals surface area contributed by atoms with Gasteiger partial charge in [-0.2, -0.15) is 5.10 Å². The van der Waals surface area contributed by atoms with Gasteiger partial charge in [-0.25, -0.2) is 23.8 Å². The lowest BCUT2D eigenvalue weighted by Gasteiger charge is -2.35. The Labute approximate surface area is 297 Å². The second-order valence-corrected chi connectivity index (χ2v) is 12.4. The molecule has 0 bridgehead atoms. The number of halogens is 2. The van der Waals surface area contributed by atoms with Crippen LogP contribution in [0.3, 0.4) is 0 Å². The molecule has 1 amide bonds. The first-order chi connectivity index (χ1) is 25.3. The predicted octanol–water partition coefficient (Wildman–Crippen LogP) is 5.97. The summed E-state index contributed by atoms with van der Waals surface area (Å²) in [5.74, 6) is 0.527. The van der Waals surface area contributed by atoms with E-state index in [-0.39, 0.29) is 17.0 Å². The van der Waals surface area contributed by atoms with Crippen LogP contribution in [0.4, 0.5) is 20.4 Å². The average Bonchev–Trinajstić information content (AvgIpc) is 3.17. The van der Waals surface area contributed by atoms with Crippen molar-refractivity contribution in [2.24, 2.45) is 0 Å². The summed E-state index contributed by atoms with van der Waals surface area (Å²) in [5, 5.41) is 11.2. The van der Waals surface area contributed by atoms with Crippen LogP contribution >= 0.6 is 0 Å². The number of nitrogens with zero attached hydrogens (tertiary/aromatic N) is 5. The van der Waals surface area contributed by atoms with Crippen molar-refractivity contribution in [3.05, 3.63) is 136 Å². The number of carbonyl (C=O) groups excluding carboxylic acids is 1. The Kier molecular flexibility index (Phi) is 9.85. The molecule has 0 aliphatic carbocycles. The Morgan fingerprint density at radius 3 is 2.40 bits per heavy atom. The highest BCUT2D eigenvalue weighted by molar-refractivity contribution is 5.95. The first-order valence-corrected chi connectivity index (χ1v) is 16.7. The second kappa shape index (κ2) is 15.0. The van der Waals surface area contributed by atoms with Gasteiger partial charge in [-0.15, -0.1) is 0 Å². The lowest BCUT2D eigenvalue weighted by molar-refractivity contribution is 0.0624. The third-order valence-electron chi connectivity index (χ3n) is 9.11. The molecule has 3 aromatic heterocycles. The van der Waals surface area contributed by atoms with Crippen LogP contribution in [0.5, 0.6) is 11.5 Å². The van der Waals surface area contributed by atoms with Gasteiger partial charge in [-0.05, 0) is 65.7 Å². The number of benzene rings is 3. The van der Waals surface area contributed by atoms with Crippen molar-refractivity contribution < 1.29 is 23.0 Å². The molecular weight excluding hydrogens is 668 g/mol. The fourth-order valence-corrected chi connectivity index (χ4v) is 6.39. The van der Waals surface area contributed by atoms with E-state index in [1.165, 1.54) is 13.2 Å². The Morgan fingerprint density at radius 1 is 0.827 bits per heavy atom. The molecule has 0 saturated carbocycles. The number of aromatic nitrogens is 4. The molecule has 52 heavy (non-hydrogen) atoms. The van der Waals surface area contributed by atoms with Crippen molar-refractivity contribution in [3.63, 3.8) is 0 Å². The number of nitrogens with one attached hydrogen (secondary N) is 2. The largest absolute Gasteiger partial charge is 0.497 e. The third kappa shape index (κ3) is 7.30. The van der Waals surface area contributed by atoms with Gasteiger partial charge in [0.05, 0.1) is 37.1 Å². The lowest BCUT2D eigenvalue weighted by Crippen LogP contribution is -2.48. The highest BCUT2D eigenvalue weighted by Crippen LogP contribution is 2.36. The monoisotopic (exact) mass is 703 g/mol. The summed E-state index contributed by atoms with van der Waals surface area (Å²) in [6, 6.07) is 22.2. The molecule has 4 heterocycles. The summed E-state index contributed by atoms with van der Waals surface area (Å²) in [7, 11) is 3.06. The molecule has 1 saturated heterocycles. The van der Waals surface area contributed by atoms with Crippen LogP contribution in [0.25, 0.3) is 21.9 Å². The summed E-state index contributed by atoms with van der Waals surface area (Å²) in [6.07, 6.45) is 3.16. The van der Waals surface area contributed by atoms with E-state index in [9.17, 15) is 14.0 Å². The van der Waals surface area contributed by atoms with Gasteiger partial charge >= 0.3 is 0 Å². The molecule has 13 heteroatoms. The number of anilines is 2. The van der Waals surface area contributed by atoms with Crippen LogP contribution in [0.2, 0.25) is 0 Å². The van der Waals surface area contributed by atoms with Crippen molar-refractivity contribution in [3.8, 4) is 22.6 Å². The molecule has 0 atom stereocenters. The van der Waals surface area contributed by atoms with Crippen LogP contribution in [-0.4, -0.2) is 76.3 Å². The van der Waals surface area contributed by atoms with Gasteiger partial charge in [-0.1, -0.05) is 24.3 Å². The van der Waals surface area contributed by atoms with E-state index in [0.29, 0.717) is 95.4 Å². The molecule has 7 rings (SSSR count). The van der Waals surface area contributed by atoms with E-state index >= 15 is 4.39 Å². The third-order valence-corrected chi connectivity index (χ3v) is 9.11. The molecular formula is C39H35F2N7O4. The summed E-state index contributed by atoms with van der Waals surface area (Å²) in [6.45, 7) is 2.65. The zero-order chi connectivity index (χ0) is 36.2. The number of hydrogen-bond donors (Lipinski definition) is 2.